The van der Waals surface area contributed by atoms with Gasteiger partial charge in [-0.3, -0.25) is 0 Å². The van der Waals surface area contributed by atoms with Crippen molar-refractivity contribution < 1.29 is 0 Å². The average Bonchev–Trinajstić information content (AvgIpc) is 3.81. The van der Waals surface area contributed by atoms with E-state index in [9.17, 15) is 0 Å². The molecular weight excluding hydrogens is 689 g/mol. The highest BCUT2D eigenvalue weighted by atomic mass is 32.1. The Morgan fingerprint density at radius 3 is 1.43 bits per heavy atom. The van der Waals surface area contributed by atoms with Crippen LogP contribution >= 0.6 is 22.7 Å². The molecule has 0 bridgehead atoms. The summed E-state index contributed by atoms with van der Waals surface area (Å²) in [4.78, 5) is 0. The molecule has 0 radical (unpaired) electrons. The van der Waals surface area contributed by atoms with Gasteiger partial charge >= 0.3 is 0 Å². The van der Waals surface area contributed by atoms with Crippen LogP contribution in [0.4, 0.5) is 0 Å². The fourth-order valence-corrected chi connectivity index (χ4v) is 11.5. The third kappa shape index (κ3) is 4.42. The van der Waals surface area contributed by atoms with Crippen molar-refractivity contribution in [1.82, 2.24) is 0 Å². The van der Waals surface area contributed by atoms with Gasteiger partial charge in [0.1, 0.15) is 0 Å². The Hall–Kier alpha value is -6.32. The average molecular weight is 719 g/mol. The van der Waals surface area contributed by atoms with Gasteiger partial charge in [0.15, 0.2) is 0 Å². The smallest absolute Gasteiger partial charge is 0.0448 e. The number of hydrogen-bond donors (Lipinski definition) is 0. The molecule has 2 heterocycles. The predicted octanol–water partition coefficient (Wildman–Crippen LogP) is 16.0. The van der Waals surface area contributed by atoms with Crippen molar-refractivity contribution in [3.05, 3.63) is 182 Å². The van der Waals surface area contributed by atoms with E-state index >= 15 is 0 Å². The summed E-state index contributed by atoms with van der Waals surface area (Å²) < 4.78 is 5.47. The maximum atomic E-state index is 2.41. The Labute approximate surface area is 319 Å². The maximum Gasteiger partial charge on any atom is 0.0448 e. The molecule has 0 saturated carbocycles. The lowest BCUT2D eigenvalue weighted by atomic mass is 9.85. The molecule has 54 heavy (non-hydrogen) atoms. The van der Waals surface area contributed by atoms with Crippen molar-refractivity contribution in [2.75, 3.05) is 0 Å². The quantitative estimate of drug-likeness (QED) is 0.160. The molecule has 0 amide bonds. The summed E-state index contributed by atoms with van der Waals surface area (Å²) in [5.74, 6) is 0. The molecule has 0 spiro atoms. The van der Waals surface area contributed by atoms with Crippen molar-refractivity contribution in [1.29, 1.82) is 0 Å². The third-order valence-corrected chi connectivity index (χ3v) is 13.8. The van der Waals surface area contributed by atoms with Crippen LogP contribution in [0.1, 0.15) is 0 Å². The first kappa shape index (κ1) is 30.2. The van der Waals surface area contributed by atoms with E-state index in [0.29, 0.717) is 0 Å². The minimum Gasteiger partial charge on any atom is -0.134 e. The number of benzene rings is 10. The lowest BCUT2D eigenvalue weighted by Gasteiger charge is -2.18. The maximum absolute atomic E-state index is 2.41. The minimum atomic E-state index is 1.23. The highest BCUT2D eigenvalue weighted by molar-refractivity contribution is 7.29. The monoisotopic (exact) mass is 718 g/mol. The van der Waals surface area contributed by atoms with Crippen LogP contribution in [0.2, 0.25) is 0 Å². The Morgan fingerprint density at radius 1 is 0.259 bits per heavy atom. The first-order valence-corrected chi connectivity index (χ1v) is 20.1. The Morgan fingerprint density at radius 2 is 0.741 bits per heavy atom. The zero-order chi connectivity index (χ0) is 35.3. The van der Waals surface area contributed by atoms with E-state index in [0.717, 1.165) is 0 Å². The minimum absolute atomic E-state index is 1.23. The van der Waals surface area contributed by atoms with Crippen LogP contribution in [-0.4, -0.2) is 0 Å². The fraction of sp³-hybridized carbons (Fsp3) is 0. The summed E-state index contributed by atoms with van der Waals surface area (Å²) in [7, 11) is 0. The molecule has 2 heteroatoms. The summed E-state index contributed by atoms with van der Waals surface area (Å²) >= 11 is 3.85. The van der Waals surface area contributed by atoms with Gasteiger partial charge in [0.25, 0.3) is 0 Å². The summed E-state index contributed by atoms with van der Waals surface area (Å²) in [6.07, 6.45) is 0. The van der Waals surface area contributed by atoms with Crippen LogP contribution < -0.4 is 0 Å². The van der Waals surface area contributed by atoms with Gasteiger partial charge in [0.05, 0.1) is 0 Å². The molecule has 0 saturated heterocycles. The standard InChI is InChI=1S/C52H30S2/c1-2-10-35-29-37(22-19-31(35)9-1)49-41-14-5-3-12-39(41)48(40-13-4-6-15-42(40)49)33-20-17-32(18-21-33)36-25-28-47-45(30-36)44-27-24-34-23-26-43-38-11-7-8-16-46(38)53-51(43)50(34)52(44)54-47/h1-30H. The van der Waals surface area contributed by atoms with Crippen LogP contribution in [0.5, 0.6) is 0 Å². The number of thiophene rings is 2. The molecular formula is C52H30S2. The largest absolute Gasteiger partial charge is 0.134 e. The van der Waals surface area contributed by atoms with Crippen LogP contribution in [0.3, 0.4) is 0 Å². The van der Waals surface area contributed by atoms with Crippen molar-refractivity contribution in [3.8, 4) is 33.4 Å². The van der Waals surface area contributed by atoms with Gasteiger partial charge in [-0.05, 0) is 95.3 Å². The predicted molar refractivity (Wildman–Crippen MR) is 239 cm³/mol. The van der Waals surface area contributed by atoms with Crippen LogP contribution in [0, 0.1) is 0 Å². The molecule has 12 aromatic rings. The first-order chi connectivity index (χ1) is 26.8. The molecule has 0 aliphatic carbocycles. The van der Waals surface area contributed by atoms with Gasteiger partial charge in [-0.25, -0.2) is 0 Å². The van der Waals surface area contributed by atoms with Crippen molar-refractivity contribution in [3.63, 3.8) is 0 Å². The van der Waals surface area contributed by atoms with Crippen LogP contribution in [0.15, 0.2) is 182 Å². The van der Waals surface area contributed by atoms with Crippen molar-refractivity contribution >= 4 is 106 Å². The highest BCUT2D eigenvalue weighted by Gasteiger charge is 2.18. The molecule has 0 aliphatic heterocycles. The van der Waals surface area contributed by atoms with E-state index in [1.54, 1.807) is 0 Å². The fourth-order valence-electron chi connectivity index (χ4n) is 8.92. The van der Waals surface area contributed by atoms with E-state index in [4.69, 9.17) is 0 Å². The summed E-state index contributed by atoms with van der Waals surface area (Å²) in [5.41, 5.74) is 7.54. The van der Waals surface area contributed by atoms with Crippen molar-refractivity contribution in [2.24, 2.45) is 0 Å². The number of hydrogen-bond acceptors (Lipinski definition) is 2. The first-order valence-electron chi connectivity index (χ1n) is 18.5. The van der Waals surface area contributed by atoms with E-state index in [-0.39, 0.29) is 0 Å². The van der Waals surface area contributed by atoms with Crippen molar-refractivity contribution in [2.45, 2.75) is 0 Å². The SMILES string of the molecule is c1ccc2cc(-c3c4ccccc4c(-c4ccc(-c5ccc6sc7c(ccc8ccc9c%10ccccc%10sc9c87)c6c5)cc4)c4ccccc34)ccc2c1. The van der Waals surface area contributed by atoms with Gasteiger partial charge in [-0.2, -0.15) is 0 Å². The molecule has 10 aromatic carbocycles. The lowest BCUT2D eigenvalue weighted by molar-refractivity contribution is 1.63. The van der Waals surface area contributed by atoms with E-state index < -0.39 is 0 Å². The topological polar surface area (TPSA) is 0 Å². The molecule has 0 unspecified atom stereocenters. The van der Waals surface area contributed by atoms with E-state index in [1.165, 1.54) is 117 Å². The van der Waals surface area contributed by atoms with Gasteiger partial charge in [0, 0.05) is 45.7 Å². The second kappa shape index (κ2) is 11.6. The van der Waals surface area contributed by atoms with Crippen LogP contribution in [0.25, 0.3) is 117 Å². The zero-order valence-corrected chi connectivity index (χ0v) is 30.8. The molecule has 0 aliphatic rings. The Balaban J connectivity index is 0.999. The molecule has 0 N–H and O–H groups in total. The molecule has 0 fully saturated rings. The van der Waals surface area contributed by atoms with E-state index in [1.807, 2.05) is 22.7 Å². The summed E-state index contributed by atoms with van der Waals surface area (Å²) in [5, 5.41) is 15.7. The van der Waals surface area contributed by atoms with Gasteiger partial charge in [0.2, 0.25) is 0 Å². The third-order valence-electron chi connectivity index (χ3n) is 11.4. The number of rotatable bonds is 3. The Bertz CT molecular complexity index is 3430. The van der Waals surface area contributed by atoms with Gasteiger partial charge < -0.3 is 0 Å². The summed E-state index contributed by atoms with van der Waals surface area (Å²) in [6.45, 7) is 0. The lowest BCUT2D eigenvalue weighted by Crippen LogP contribution is -1.91. The molecule has 0 nitrogen and oxygen atoms in total. The second-order valence-electron chi connectivity index (χ2n) is 14.4. The second-order valence-corrected chi connectivity index (χ2v) is 16.5. The Kier molecular flexibility index (Phi) is 6.48. The number of fused-ring (bicyclic) bond motifs is 12. The van der Waals surface area contributed by atoms with Gasteiger partial charge in [-0.15, -0.1) is 22.7 Å². The van der Waals surface area contributed by atoms with Crippen LogP contribution in [-0.2, 0) is 0 Å². The van der Waals surface area contributed by atoms with E-state index in [2.05, 4.69) is 182 Å². The summed E-state index contributed by atoms with van der Waals surface area (Å²) in [6, 6.07) is 67.7. The molecule has 0 atom stereocenters. The molecule has 12 rings (SSSR count). The zero-order valence-electron chi connectivity index (χ0n) is 29.1. The normalized spacial score (nSPS) is 12.1. The molecule has 2 aromatic heterocycles. The molecule has 250 valence electrons. The highest BCUT2D eigenvalue weighted by Crippen LogP contribution is 2.47. The van der Waals surface area contributed by atoms with Gasteiger partial charge in [-0.1, -0.05) is 158 Å².